The molecule has 92 valence electrons. The smallest absolute Gasteiger partial charge is 0.229 e. The van der Waals surface area contributed by atoms with E-state index in [4.69, 9.17) is 0 Å². The Hall–Kier alpha value is -1.42. The van der Waals surface area contributed by atoms with Crippen LogP contribution in [0.4, 0.5) is 11.6 Å². The molecule has 4 heteroatoms. The summed E-state index contributed by atoms with van der Waals surface area (Å²) in [5.41, 5.74) is 2.64. The van der Waals surface area contributed by atoms with Gasteiger partial charge in [-0.1, -0.05) is 18.2 Å². The van der Waals surface area contributed by atoms with Crippen LogP contribution in [-0.2, 0) is 6.42 Å². The molecule has 0 N–H and O–H groups in total. The number of fused-ring (bicyclic) bond motifs is 1. The lowest BCUT2D eigenvalue weighted by atomic mass is 10.1. The molecule has 1 aromatic heterocycles. The van der Waals surface area contributed by atoms with Crippen LogP contribution < -0.4 is 4.90 Å². The molecule has 2 heterocycles. The van der Waals surface area contributed by atoms with Crippen LogP contribution in [0.25, 0.3) is 0 Å². The highest BCUT2D eigenvalue weighted by Crippen LogP contribution is 2.30. The van der Waals surface area contributed by atoms with Crippen LogP contribution in [0.15, 0.2) is 41.1 Å². The number of anilines is 2. The first-order chi connectivity index (χ1) is 8.84. The lowest BCUT2D eigenvalue weighted by Gasteiger charge is -2.22. The van der Waals surface area contributed by atoms with Gasteiger partial charge in [-0.25, -0.2) is 9.97 Å². The van der Waals surface area contributed by atoms with Crippen LogP contribution in [0.3, 0.4) is 0 Å². The Morgan fingerprint density at radius 3 is 2.67 bits per heavy atom. The van der Waals surface area contributed by atoms with Gasteiger partial charge in [-0.15, -0.1) is 0 Å². The molecule has 0 spiro atoms. The van der Waals surface area contributed by atoms with Gasteiger partial charge >= 0.3 is 0 Å². The van der Waals surface area contributed by atoms with Gasteiger partial charge in [0, 0.05) is 24.6 Å². The Kier molecular flexibility index (Phi) is 3.28. The Morgan fingerprint density at radius 1 is 1.06 bits per heavy atom. The van der Waals surface area contributed by atoms with E-state index >= 15 is 0 Å². The summed E-state index contributed by atoms with van der Waals surface area (Å²) < 4.78 is 0.911. The van der Waals surface area contributed by atoms with Crippen molar-refractivity contribution >= 4 is 27.6 Å². The highest BCUT2D eigenvalue weighted by Gasteiger charge is 2.17. The summed E-state index contributed by atoms with van der Waals surface area (Å²) in [4.78, 5) is 11.0. The van der Waals surface area contributed by atoms with Crippen molar-refractivity contribution in [2.45, 2.75) is 19.3 Å². The third kappa shape index (κ3) is 2.25. The maximum Gasteiger partial charge on any atom is 0.229 e. The van der Waals surface area contributed by atoms with E-state index in [2.05, 4.69) is 55.1 Å². The molecular weight excluding hydrogens is 290 g/mol. The third-order valence-electron chi connectivity index (χ3n) is 3.21. The molecule has 0 radical (unpaired) electrons. The van der Waals surface area contributed by atoms with Gasteiger partial charge in [0.05, 0.1) is 4.47 Å². The Morgan fingerprint density at radius 2 is 1.83 bits per heavy atom. The molecule has 0 aliphatic carbocycles. The number of hydrogen-bond donors (Lipinski definition) is 0. The average Bonchev–Trinajstić information content (AvgIpc) is 2.62. The second-order valence-corrected chi connectivity index (χ2v) is 5.35. The number of hydrogen-bond acceptors (Lipinski definition) is 3. The quantitative estimate of drug-likeness (QED) is 0.804. The standard InChI is InChI=1S/C14H14BrN3/c15-12-9-16-14(17-10-12)18-8-4-3-6-11-5-1-2-7-13(11)18/h1-2,5,7,9-10H,3-4,6,8H2. The van der Waals surface area contributed by atoms with Gasteiger partial charge in [0.1, 0.15) is 0 Å². The fraction of sp³-hybridized carbons (Fsp3) is 0.286. The van der Waals surface area contributed by atoms with Crippen LogP contribution in [0.1, 0.15) is 18.4 Å². The van der Waals surface area contributed by atoms with Crippen molar-refractivity contribution in [2.24, 2.45) is 0 Å². The van der Waals surface area contributed by atoms with Crippen molar-refractivity contribution in [2.75, 3.05) is 11.4 Å². The predicted octanol–water partition coefficient (Wildman–Crippen LogP) is 3.71. The second-order valence-electron chi connectivity index (χ2n) is 4.44. The SMILES string of the molecule is Brc1cnc(N2CCCCc3ccccc32)nc1. The van der Waals surface area contributed by atoms with E-state index in [1.165, 1.54) is 24.1 Å². The summed E-state index contributed by atoms with van der Waals surface area (Å²) in [5.74, 6) is 0.785. The molecule has 0 saturated heterocycles. The molecule has 3 nitrogen and oxygen atoms in total. The molecule has 18 heavy (non-hydrogen) atoms. The van der Waals surface area contributed by atoms with E-state index in [1.54, 1.807) is 12.4 Å². The summed E-state index contributed by atoms with van der Waals surface area (Å²) in [6.07, 6.45) is 7.15. The van der Waals surface area contributed by atoms with Gasteiger partial charge in [0.2, 0.25) is 5.95 Å². The number of rotatable bonds is 1. The fourth-order valence-corrected chi connectivity index (χ4v) is 2.55. The zero-order valence-electron chi connectivity index (χ0n) is 10.0. The summed E-state index contributed by atoms with van der Waals surface area (Å²) in [6.45, 7) is 0.985. The van der Waals surface area contributed by atoms with Crippen molar-refractivity contribution in [3.8, 4) is 0 Å². The van der Waals surface area contributed by atoms with E-state index in [1.807, 2.05) is 0 Å². The van der Waals surface area contributed by atoms with Crippen molar-refractivity contribution in [3.05, 3.63) is 46.7 Å². The molecule has 1 aromatic carbocycles. The zero-order chi connectivity index (χ0) is 12.4. The van der Waals surface area contributed by atoms with E-state index in [-0.39, 0.29) is 0 Å². The summed E-state index contributed by atoms with van der Waals surface area (Å²) in [6, 6.07) is 8.54. The summed E-state index contributed by atoms with van der Waals surface area (Å²) in [7, 11) is 0. The van der Waals surface area contributed by atoms with Crippen molar-refractivity contribution < 1.29 is 0 Å². The highest BCUT2D eigenvalue weighted by molar-refractivity contribution is 9.10. The number of nitrogens with zero attached hydrogens (tertiary/aromatic N) is 3. The first-order valence-corrected chi connectivity index (χ1v) is 6.97. The molecule has 2 aromatic rings. The monoisotopic (exact) mass is 303 g/mol. The van der Waals surface area contributed by atoms with Crippen molar-refractivity contribution in [1.29, 1.82) is 0 Å². The highest BCUT2D eigenvalue weighted by atomic mass is 79.9. The Labute approximate surface area is 115 Å². The number of benzene rings is 1. The Bertz CT molecular complexity index is 539. The molecular formula is C14H14BrN3. The van der Waals surface area contributed by atoms with Gasteiger partial charge in [0.15, 0.2) is 0 Å². The van der Waals surface area contributed by atoms with Gasteiger partial charge in [0.25, 0.3) is 0 Å². The number of aryl methyl sites for hydroxylation is 1. The molecule has 0 unspecified atom stereocenters. The Balaban J connectivity index is 2.03. The molecule has 1 aliphatic rings. The van der Waals surface area contributed by atoms with Gasteiger partial charge in [-0.3, -0.25) is 0 Å². The lowest BCUT2D eigenvalue weighted by Crippen LogP contribution is -2.20. The van der Waals surface area contributed by atoms with Crippen molar-refractivity contribution in [1.82, 2.24) is 9.97 Å². The van der Waals surface area contributed by atoms with E-state index in [9.17, 15) is 0 Å². The minimum atomic E-state index is 0.785. The second kappa shape index (κ2) is 5.06. The van der Waals surface area contributed by atoms with Gasteiger partial charge in [-0.05, 0) is 46.8 Å². The first-order valence-electron chi connectivity index (χ1n) is 6.17. The number of para-hydroxylation sites is 1. The normalized spacial score (nSPS) is 15.1. The van der Waals surface area contributed by atoms with Crippen LogP contribution in [-0.4, -0.2) is 16.5 Å². The van der Waals surface area contributed by atoms with Crippen LogP contribution >= 0.6 is 15.9 Å². The molecule has 1 aliphatic heterocycles. The molecule has 0 fully saturated rings. The first kappa shape index (κ1) is 11.7. The molecule has 0 bridgehead atoms. The number of halogens is 1. The van der Waals surface area contributed by atoms with Crippen LogP contribution in [0, 0.1) is 0 Å². The molecule has 0 atom stereocenters. The largest absolute Gasteiger partial charge is 0.310 e. The van der Waals surface area contributed by atoms with E-state index in [0.29, 0.717) is 0 Å². The van der Waals surface area contributed by atoms with Crippen molar-refractivity contribution in [3.63, 3.8) is 0 Å². The molecule has 3 rings (SSSR count). The van der Waals surface area contributed by atoms with E-state index in [0.717, 1.165) is 23.4 Å². The van der Waals surface area contributed by atoms with E-state index < -0.39 is 0 Å². The number of aromatic nitrogens is 2. The van der Waals surface area contributed by atoms with Gasteiger partial charge < -0.3 is 4.90 Å². The summed E-state index contributed by atoms with van der Waals surface area (Å²) >= 11 is 3.37. The maximum atomic E-state index is 4.41. The average molecular weight is 304 g/mol. The van der Waals surface area contributed by atoms with Gasteiger partial charge in [-0.2, -0.15) is 0 Å². The minimum absolute atomic E-state index is 0.785. The van der Waals surface area contributed by atoms with Crippen LogP contribution in [0.5, 0.6) is 0 Å². The third-order valence-corrected chi connectivity index (χ3v) is 3.62. The predicted molar refractivity (Wildman–Crippen MR) is 76.1 cm³/mol. The molecule has 0 saturated carbocycles. The molecule has 0 amide bonds. The maximum absolute atomic E-state index is 4.41. The summed E-state index contributed by atoms with van der Waals surface area (Å²) in [5, 5.41) is 0. The zero-order valence-corrected chi connectivity index (χ0v) is 11.6. The minimum Gasteiger partial charge on any atom is -0.310 e. The van der Waals surface area contributed by atoms with Crippen LogP contribution in [0.2, 0.25) is 0 Å². The topological polar surface area (TPSA) is 29.0 Å². The lowest BCUT2D eigenvalue weighted by molar-refractivity contribution is 0.752. The fourth-order valence-electron chi connectivity index (χ4n) is 2.34.